The van der Waals surface area contributed by atoms with E-state index in [0.29, 0.717) is 28.8 Å². The summed E-state index contributed by atoms with van der Waals surface area (Å²) >= 11 is 0. The second-order valence-electron chi connectivity index (χ2n) is 9.43. The summed E-state index contributed by atoms with van der Waals surface area (Å²) < 4.78 is 170. The van der Waals surface area contributed by atoms with Gasteiger partial charge in [0.25, 0.3) is 15.6 Å². The van der Waals surface area contributed by atoms with Gasteiger partial charge in [-0.3, -0.25) is 14.1 Å². The van der Waals surface area contributed by atoms with Crippen molar-refractivity contribution in [2.45, 2.75) is 23.4 Å². The van der Waals surface area contributed by atoms with Crippen molar-refractivity contribution in [1.29, 1.82) is 0 Å². The zero-order valence-corrected chi connectivity index (χ0v) is 21.9. The maximum Gasteiger partial charge on any atom is 0.392 e. The van der Waals surface area contributed by atoms with Gasteiger partial charge in [-0.2, -0.15) is 13.2 Å². The number of rotatable bonds is 6. The first-order valence-corrected chi connectivity index (χ1v) is 13.3. The van der Waals surface area contributed by atoms with Gasteiger partial charge in [-0.25, -0.2) is 39.2 Å². The smallest absolute Gasteiger partial charge is 0.392 e. The number of methoxy groups -OCH3 is 1. The first-order chi connectivity index (χ1) is 20.0. The molecular weight excluding hydrogens is 626 g/mol. The van der Waals surface area contributed by atoms with Crippen LogP contribution >= 0.6 is 0 Å². The summed E-state index contributed by atoms with van der Waals surface area (Å²) in [7, 11) is -4.09. The van der Waals surface area contributed by atoms with Crippen LogP contribution in [0.2, 0.25) is 0 Å². The van der Waals surface area contributed by atoms with Gasteiger partial charge >= 0.3 is 6.18 Å². The van der Waals surface area contributed by atoms with E-state index in [4.69, 9.17) is 4.74 Å². The van der Waals surface area contributed by atoms with Crippen molar-refractivity contribution >= 4 is 26.6 Å². The highest BCUT2D eigenvalue weighted by Crippen LogP contribution is 2.57. The van der Waals surface area contributed by atoms with E-state index >= 15 is 4.39 Å². The number of benzene rings is 3. The lowest BCUT2D eigenvalue weighted by Gasteiger charge is -2.17. The summed E-state index contributed by atoms with van der Waals surface area (Å²) in [6.45, 7) is 0. The number of halogens is 10. The molecule has 0 aliphatic heterocycles. The van der Waals surface area contributed by atoms with Crippen LogP contribution in [0, 0.1) is 46.6 Å². The van der Waals surface area contributed by atoms with E-state index in [1.165, 1.54) is 4.72 Å². The molecule has 0 radical (unpaired) electrons. The molecule has 2 atom stereocenters. The molecule has 4 aromatic rings. The van der Waals surface area contributed by atoms with Crippen LogP contribution < -0.4 is 15.0 Å². The number of sulfonamides is 1. The number of aromatic nitrogens is 1. The van der Waals surface area contributed by atoms with Gasteiger partial charge in [0.1, 0.15) is 23.1 Å². The molecule has 0 saturated heterocycles. The number of pyridine rings is 1. The molecule has 1 heterocycles. The van der Waals surface area contributed by atoms with Gasteiger partial charge in [0.2, 0.25) is 5.82 Å². The van der Waals surface area contributed by atoms with E-state index in [1.54, 1.807) is 0 Å². The maximum absolute atomic E-state index is 15.1. The van der Waals surface area contributed by atoms with Crippen LogP contribution in [0.25, 0.3) is 16.6 Å². The van der Waals surface area contributed by atoms with Crippen molar-refractivity contribution in [3.63, 3.8) is 0 Å². The molecule has 1 N–H and O–H groups in total. The highest BCUT2D eigenvalue weighted by molar-refractivity contribution is 7.92. The Morgan fingerprint density at radius 3 is 2.02 bits per heavy atom. The summed E-state index contributed by atoms with van der Waals surface area (Å²) in [5.74, 6) is -18.1. The molecule has 3 aromatic carbocycles. The zero-order valence-electron chi connectivity index (χ0n) is 21.1. The fraction of sp³-hybridized carbons (Fsp3) is 0.192. The Morgan fingerprint density at radius 1 is 0.860 bits per heavy atom. The van der Waals surface area contributed by atoms with Crippen LogP contribution in [0.3, 0.4) is 0 Å². The molecule has 1 saturated carbocycles. The molecule has 228 valence electrons. The van der Waals surface area contributed by atoms with E-state index < -0.39 is 101 Å². The Morgan fingerprint density at radius 2 is 1.47 bits per heavy atom. The molecule has 1 aliphatic carbocycles. The average Bonchev–Trinajstić information content (AvgIpc) is 3.75. The predicted octanol–water partition coefficient (Wildman–Crippen LogP) is 6.44. The summed E-state index contributed by atoms with van der Waals surface area (Å²) in [5, 5.41) is -0.647. The summed E-state index contributed by atoms with van der Waals surface area (Å²) in [6, 6.07) is 4.07. The highest BCUT2D eigenvalue weighted by Gasteiger charge is 2.57. The van der Waals surface area contributed by atoms with Gasteiger partial charge in [0, 0.05) is 17.5 Å². The zero-order chi connectivity index (χ0) is 31.8. The van der Waals surface area contributed by atoms with Crippen LogP contribution in [0.15, 0.2) is 46.1 Å². The molecule has 1 fully saturated rings. The molecule has 5 rings (SSSR count). The maximum atomic E-state index is 15.1. The molecule has 0 spiro atoms. The molecule has 6 nitrogen and oxygen atoms in total. The Labute approximate surface area is 234 Å². The predicted molar refractivity (Wildman–Crippen MR) is 130 cm³/mol. The van der Waals surface area contributed by atoms with Crippen LogP contribution in [0.4, 0.5) is 49.6 Å². The van der Waals surface area contributed by atoms with Gasteiger partial charge in [0.15, 0.2) is 23.3 Å². The third-order valence-corrected chi connectivity index (χ3v) is 8.19. The minimum Gasteiger partial charge on any atom is -0.495 e. The van der Waals surface area contributed by atoms with Crippen molar-refractivity contribution in [2.75, 3.05) is 11.8 Å². The Kier molecular flexibility index (Phi) is 7.14. The summed E-state index contributed by atoms with van der Waals surface area (Å²) in [6.07, 6.45) is -4.95. The average molecular weight is 640 g/mol. The van der Waals surface area contributed by atoms with Crippen molar-refractivity contribution in [1.82, 2.24) is 4.57 Å². The third kappa shape index (κ3) is 5.04. The van der Waals surface area contributed by atoms with E-state index in [2.05, 4.69) is 0 Å². The largest absolute Gasteiger partial charge is 0.495 e. The summed E-state index contributed by atoms with van der Waals surface area (Å²) in [4.78, 5) is 11.9. The first kappa shape index (κ1) is 30.2. The monoisotopic (exact) mass is 640 g/mol. The SMILES string of the molecule is COc1cc([C@@H]2C[C@H]2C(F)(F)F)c(F)cc1-n1c(=O)cc(F)c2cc(S(=O)(=O)Nc3c(F)c(F)c(F)c(F)c3F)ccc21. The lowest BCUT2D eigenvalue weighted by Crippen LogP contribution is -2.21. The number of fused-ring (bicyclic) bond motifs is 1. The minimum absolute atomic E-state index is 0.288. The molecule has 0 bridgehead atoms. The van der Waals surface area contributed by atoms with Crippen LogP contribution in [-0.2, 0) is 10.0 Å². The second kappa shape index (κ2) is 10.2. The lowest BCUT2D eigenvalue weighted by atomic mass is 10.1. The normalized spacial score (nSPS) is 16.9. The first-order valence-electron chi connectivity index (χ1n) is 11.8. The standard InChI is InChI=1S/C26H14F10N2O4S/c1-42-18-6-11(10-5-13(10)26(34,35)36)14(27)7-17(18)38-16-3-2-9(4-12(16)15(28)8-19(38)39)43(40,41)37-25-23(32)21(30)20(29)22(31)24(25)33/h2-4,6-8,10,13,37H,5H2,1H3/t10-,13+/m0/s1. The second-order valence-corrected chi connectivity index (χ2v) is 11.1. The van der Waals surface area contributed by atoms with E-state index in [1.807, 2.05) is 0 Å². The Hall–Kier alpha value is -4.28. The van der Waals surface area contributed by atoms with Gasteiger partial charge < -0.3 is 4.74 Å². The number of ether oxygens (including phenoxy) is 1. The van der Waals surface area contributed by atoms with Crippen LogP contribution in [0.1, 0.15) is 17.9 Å². The van der Waals surface area contributed by atoms with Crippen LogP contribution in [-0.4, -0.2) is 26.3 Å². The van der Waals surface area contributed by atoms with E-state index in [0.717, 1.165) is 19.2 Å². The number of nitrogens with one attached hydrogen (secondary N) is 1. The van der Waals surface area contributed by atoms with E-state index in [-0.39, 0.29) is 17.7 Å². The third-order valence-electron chi connectivity index (χ3n) is 6.84. The Bertz CT molecular complexity index is 1960. The molecule has 1 aliphatic rings. The quantitative estimate of drug-likeness (QED) is 0.150. The minimum atomic E-state index is -5.16. The van der Waals surface area contributed by atoms with E-state index in [9.17, 15) is 52.7 Å². The number of nitrogens with zero attached hydrogens (tertiary/aromatic N) is 1. The lowest BCUT2D eigenvalue weighted by molar-refractivity contribution is -0.148. The fourth-order valence-corrected chi connectivity index (χ4v) is 5.74. The Balaban J connectivity index is 1.62. The molecular formula is C26H14F10N2O4S. The van der Waals surface area contributed by atoms with Gasteiger partial charge in [-0.15, -0.1) is 0 Å². The summed E-state index contributed by atoms with van der Waals surface area (Å²) in [5.41, 5.74) is -4.19. The molecule has 0 unspecified atom stereocenters. The topological polar surface area (TPSA) is 77.4 Å². The molecule has 0 amide bonds. The van der Waals surface area contributed by atoms with Gasteiger partial charge in [-0.1, -0.05) is 0 Å². The van der Waals surface area contributed by atoms with Gasteiger partial charge in [0.05, 0.1) is 29.1 Å². The van der Waals surface area contributed by atoms with Crippen molar-refractivity contribution in [3.05, 3.63) is 93.0 Å². The van der Waals surface area contributed by atoms with Crippen molar-refractivity contribution in [2.24, 2.45) is 5.92 Å². The van der Waals surface area contributed by atoms with Crippen molar-refractivity contribution < 1.29 is 57.1 Å². The van der Waals surface area contributed by atoms with Crippen molar-refractivity contribution in [3.8, 4) is 11.4 Å². The number of hydrogen-bond acceptors (Lipinski definition) is 4. The molecule has 17 heteroatoms. The highest BCUT2D eigenvalue weighted by atomic mass is 32.2. The number of alkyl halides is 3. The van der Waals surface area contributed by atoms with Gasteiger partial charge in [-0.05, 0) is 42.2 Å². The number of anilines is 1. The van der Waals surface area contributed by atoms with Crippen LogP contribution in [0.5, 0.6) is 5.75 Å². The number of hydrogen-bond donors (Lipinski definition) is 1. The fourth-order valence-electron chi connectivity index (χ4n) is 4.66. The molecule has 1 aromatic heterocycles. The molecule has 43 heavy (non-hydrogen) atoms.